The van der Waals surface area contributed by atoms with Gasteiger partial charge in [-0.25, -0.2) is 0 Å². The van der Waals surface area contributed by atoms with Gasteiger partial charge in [0.15, 0.2) is 5.69 Å². The van der Waals surface area contributed by atoms with Crippen molar-refractivity contribution in [3.63, 3.8) is 0 Å². The Kier molecular flexibility index (Phi) is 5.35. The van der Waals surface area contributed by atoms with E-state index >= 15 is 0 Å². The van der Waals surface area contributed by atoms with Crippen molar-refractivity contribution >= 4 is 11.7 Å². The van der Waals surface area contributed by atoms with E-state index in [0.717, 1.165) is 6.54 Å². The zero-order valence-corrected chi connectivity index (χ0v) is 10.2. The monoisotopic (exact) mass is 238 g/mol. The number of aromatic nitrogens is 2. The quantitative estimate of drug-likeness (QED) is 0.748. The highest BCUT2D eigenvalue weighted by Crippen LogP contribution is 2.04. The molecule has 0 unspecified atom stereocenters. The minimum Gasteiger partial charge on any atom is -0.395 e. The standard InChI is InChI=1S/C11H18N4O2/c1-3-12-10-6-5-9(13-14-10)11(17)15(4-2)7-8-16/h5-6,16H,3-4,7-8H2,1-2H3,(H,12,14). The normalized spacial score (nSPS) is 10.1. The van der Waals surface area contributed by atoms with Crippen LogP contribution in [0, 0.1) is 0 Å². The molecule has 1 heterocycles. The molecule has 6 heteroatoms. The molecule has 94 valence electrons. The first kappa shape index (κ1) is 13.4. The molecule has 0 aliphatic heterocycles. The smallest absolute Gasteiger partial charge is 0.274 e. The Bertz CT molecular complexity index is 353. The van der Waals surface area contributed by atoms with Gasteiger partial charge in [-0.05, 0) is 26.0 Å². The second-order valence-electron chi connectivity index (χ2n) is 3.44. The van der Waals surface area contributed by atoms with Crippen LogP contribution in [0.25, 0.3) is 0 Å². The van der Waals surface area contributed by atoms with E-state index in [-0.39, 0.29) is 12.5 Å². The number of aliphatic hydroxyl groups is 1. The van der Waals surface area contributed by atoms with Crippen molar-refractivity contribution < 1.29 is 9.90 Å². The molecule has 0 spiro atoms. The van der Waals surface area contributed by atoms with Crippen LogP contribution in [0.5, 0.6) is 0 Å². The summed E-state index contributed by atoms with van der Waals surface area (Å²) in [4.78, 5) is 13.5. The third-order valence-electron chi connectivity index (χ3n) is 2.28. The van der Waals surface area contributed by atoms with Crippen LogP contribution in [0.3, 0.4) is 0 Å². The molecule has 0 aliphatic rings. The Balaban J connectivity index is 2.74. The maximum absolute atomic E-state index is 11.9. The molecule has 0 saturated heterocycles. The van der Waals surface area contributed by atoms with E-state index in [9.17, 15) is 4.79 Å². The molecule has 0 aromatic carbocycles. The molecule has 0 radical (unpaired) electrons. The lowest BCUT2D eigenvalue weighted by Gasteiger charge is -2.18. The van der Waals surface area contributed by atoms with Crippen LogP contribution in [-0.2, 0) is 0 Å². The Morgan fingerprint density at radius 2 is 2.18 bits per heavy atom. The lowest BCUT2D eigenvalue weighted by molar-refractivity contribution is 0.0725. The van der Waals surface area contributed by atoms with E-state index in [4.69, 9.17) is 5.11 Å². The maximum Gasteiger partial charge on any atom is 0.274 e. The summed E-state index contributed by atoms with van der Waals surface area (Å²) in [6.45, 7) is 5.37. The molecular formula is C11H18N4O2. The van der Waals surface area contributed by atoms with Gasteiger partial charge < -0.3 is 15.3 Å². The number of nitrogens with zero attached hydrogens (tertiary/aromatic N) is 3. The predicted molar refractivity (Wildman–Crippen MR) is 64.9 cm³/mol. The van der Waals surface area contributed by atoms with E-state index in [1.807, 2.05) is 13.8 Å². The number of amides is 1. The first-order valence-electron chi connectivity index (χ1n) is 5.70. The third-order valence-corrected chi connectivity index (χ3v) is 2.28. The number of hydrogen-bond donors (Lipinski definition) is 2. The average molecular weight is 238 g/mol. The van der Waals surface area contributed by atoms with Crippen LogP contribution in [0.1, 0.15) is 24.3 Å². The summed E-state index contributed by atoms with van der Waals surface area (Å²) < 4.78 is 0. The van der Waals surface area contributed by atoms with Crippen molar-refractivity contribution in [3.05, 3.63) is 17.8 Å². The fourth-order valence-electron chi connectivity index (χ4n) is 1.41. The minimum absolute atomic E-state index is 0.0531. The number of likely N-dealkylation sites (N-methyl/N-ethyl adjacent to an activating group) is 1. The molecule has 1 aromatic rings. The zero-order valence-electron chi connectivity index (χ0n) is 10.2. The molecule has 0 atom stereocenters. The van der Waals surface area contributed by atoms with Gasteiger partial charge in [0.1, 0.15) is 5.82 Å². The lowest BCUT2D eigenvalue weighted by Crippen LogP contribution is -2.34. The number of aliphatic hydroxyl groups excluding tert-OH is 1. The van der Waals surface area contributed by atoms with Crippen LogP contribution in [0.15, 0.2) is 12.1 Å². The highest BCUT2D eigenvalue weighted by atomic mass is 16.3. The highest BCUT2D eigenvalue weighted by molar-refractivity contribution is 5.92. The molecule has 6 nitrogen and oxygen atoms in total. The van der Waals surface area contributed by atoms with Crippen molar-refractivity contribution in [1.29, 1.82) is 0 Å². The fourth-order valence-corrected chi connectivity index (χ4v) is 1.41. The molecule has 0 bridgehead atoms. The van der Waals surface area contributed by atoms with Gasteiger partial charge in [0.05, 0.1) is 6.61 Å². The maximum atomic E-state index is 11.9. The van der Waals surface area contributed by atoms with Crippen LogP contribution in [0.4, 0.5) is 5.82 Å². The van der Waals surface area contributed by atoms with E-state index < -0.39 is 0 Å². The minimum atomic E-state index is -0.211. The van der Waals surface area contributed by atoms with Crippen LogP contribution in [-0.4, -0.2) is 52.4 Å². The summed E-state index contributed by atoms with van der Waals surface area (Å²) in [5.41, 5.74) is 0.293. The van der Waals surface area contributed by atoms with Gasteiger partial charge in [0.25, 0.3) is 5.91 Å². The number of nitrogens with one attached hydrogen (secondary N) is 1. The molecule has 2 N–H and O–H groups in total. The van der Waals surface area contributed by atoms with Crippen molar-refractivity contribution in [2.75, 3.05) is 31.6 Å². The van der Waals surface area contributed by atoms with Crippen molar-refractivity contribution in [2.24, 2.45) is 0 Å². The van der Waals surface area contributed by atoms with Crippen LogP contribution >= 0.6 is 0 Å². The average Bonchev–Trinajstić information content (AvgIpc) is 2.36. The first-order valence-corrected chi connectivity index (χ1v) is 5.70. The Labute approximate surface area is 101 Å². The summed E-state index contributed by atoms with van der Waals surface area (Å²) in [7, 11) is 0. The van der Waals surface area contributed by atoms with E-state index in [1.165, 1.54) is 4.90 Å². The SMILES string of the molecule is CCNc1ccc(C(=O)N(CC)CCO)nn1. The lowest BCUT2D eigenvalue weighted by atomic mass is 10.3. The molecule has 0 aliphatic carbocycles. The van der Waals surface area contributed by atoms with Gasteiger partial charge in [-0.2, -0.15) is 0 Å². The van der Waals surface area contributed by atoms with E-state index in [0.29, 0.717) is 24.6 Å². The zero-order chi connectivity index (χ0) is 12.7. The molecule has 1 amide bonds. The largest absolute Gasteiger partial charge is 0.395 e. The third kappa shape index (κ3) is 3.67. The second kappa shape index (κ2) is 6.80. The molecule has 0 fully saturated rings. The van der Waals surface area contributed by atoms with E-state index in [2.05, 4.69) is 15.5 Å². The Hall–Kier alpha value is -1.69. The number of carbonyl (C=O) groups excluding carboxylic acids is 1. The predicted octanol–water partition coefficient (Wildman–Crippen LogP) is 0.363. The summed E-state index contributed by atoms with van der Waals surface area (Å²) in [6, 6.07) is 3.35. The van der Waals surface area contributed by atoms with Gasteiger partial charge in [0.2, 0.25) is 0 Å². The first-order chi connectivity index (χ1) is 8.22. The van der Waals surface area contributed by atoms with Crippen molar-refractivity contribution in [1.82, 2.24) is 15.1 Å². The topological polar surface area (TPSA) is 78.4 Å². The number of rotatable bonds is 6. The Morgan fingerprint density at radius 1 is 1.41 bits per heavy atom. The van der Waals surface area contributed by atoms with Crippen molar-refractivity contribution in [2.45, 2.75) is 13.8 Å². The summed E-state index contributed by atoms with van der Waals surface area (Å²) in [6.07, 6.45) is 0. The van der Waals surface area contributed by atoms with Gasteiger partial charge in [-0.15, -0.1) is 10.2 Å². The van der Waals surface area contributed by atoms with Gasteiger partial charge in [0, 0.05) is 19.6 Å². The molecule has 0 saturated carbocycles. The molecule has 1 rings (SSSR count). The van der Waals surface area contributed by atoms with E-state index in [1.54, 1.807) is 12.1 Å². The van der Waals surface area contributed by atoms with Crippen molar-refractivity contribution in [3.8, 4) is 0 Å². The van der Waals surface area contributed by atoms with Gasteiger partial charge >= 0.3 is 0 Å². The van der Waals surface area contributed by atoms with Gasteiger partial charge in [-0.3, -0.25) is 4.79 Å². The summed E-state index contributed by atoms with van der Waals surface area (Å²) in [5, 5.41) is 19.6. The summed E-state index contributed by atoms with van der Waals surface area (Å²) in [5.74, 6) is 0.436. The molecule has 17 heavy (non-hydrogen) atoms. The second-order valence-corrected chi connectivity index (χ2v) is 3.44. The number of anilines is 1. The molecule has 1 aromatic heterocycles. The highest BCUT2D eigenvalue weighted by Gasteiger charge is 2.15. The number of hydrogen-bond acceptors (Lipinski definition) is 5. The van der Waals surface area contributed by atoms with Gasteiger partial charge in [-0.1, -0.05) is 0 Å². The summed E-state index contributed by atoms with van der Waals surface area (Å²) >= 11 is 0. The Morgan fingerprint density at radius 3 is 2.65 bits per heavy atom. The van der Waals surface area contributed by atoms with Crippen LogP contribution < -0.4 is 5.32 Å². The molecular weight excluding hydrogens is 220 g/mol. The van der Waals surface area contributed by atoms with Crippen LogP contribution in [0.2, 0.25) is 0 Å². The number of carbonyl (C=O) groups is 1. The fraction of sp³-hybridized carbons (Fsp3) is 0.545.